The summed E-state index contributed by atoms with van der Waals surface area (Å²) >= 11 is 0. The molecule has 2 aliphatic carbocycles. The van der Waals surface area contributed by atoms with Crippen molar-refractivity contribution in [3.8, 4) is 0 Å². The third-order valence-corrected chi connectivity index (χ3v) is 4.48. The molecule has 1 N–H and O–H groups in total. The van der Waals surface area contributed by atoms with Gasteiger partial charge in [-0.3, -0.25) is 0 Å². The van der Waals surface area contributed by atoms with E-state index in [1.165, 1.54) is 38.9 Å². The van der Waals surface area contributed by atoms with E-state index in [1.807, 2.05) is 0 Å². The number of nitrogens with one attached hydrogen (secondary N) is 1. The second kappa shape index (κ2) is 3.91. The van der Waals surface area contributed by atoms with Gasteiger partial charge < -0.3 is 10.2 Å². The first kappa shape index (κ1) is 9.86. The second-order valence-corrected chi connectivity index (χ2v) is 5.70. The van der Waals surface area contributed by atoms with Gasteiger partial charge in [0.2, 0.25) is 0 Å². The molecule has 0 aromatic rings. The summed E-state index contributed by atoms with van der Waals surface area (Å²) in [5.74, 6) is 2.76. The molecule has 1 aliphatic heterocycles. The average molecular weight is 206 g/mol. The van der Waals surface area contributed by atoms with Crippen LogP contribution in [0.4, 0.5) is 0 Å². The van der Waals surface area contributed by atoms with Crippen LogP contribution in [0.15, 0.2) is 12.2 Å². The molecule has 1 heterocycles. The van der Waals surface area contributed by atoms with Gasteiger partial charge in [-0.2, -0.15) is 0 Å². The molecule has 3 rings (SSSR count). The van der Waals surface area contributed by atoms with E-state index in [-0.39, 0.29) is 0 Å². The second-order valence-electron chi connectivity index (χ2n) is 5.70. The SMILES string of the molecule is CN1CC[C@H](NC[C@H]2C[C@H]3C=C[C@H]2C3)C1. The summed E-state index contributed by atoms with van der Waals surface area (Å²) in [5, 5.41) is 3.76. The molecule has 3 aliphatic rings. The van der Waals surface area contributed by atoms with Gasteiger partial charge in [-0.25, -0.2) is 0 Å². The fourth-order valence-electron chi connectivity index (χ4n) is 3.55. The maximum absolute atomic E-state index is 3.76. The van der Waals surface area contributed by atoms with E-state index in [9.17, 15) is 0 Å². The summed E-state index contributed by atoms with van der Waals surface area (Å²) in [6.45, 7) is 3.77. The maximum atomic E-state index is 3.76. The highest BCUT2D eigenvalue weighted by Gasteiger charge is 2.35. The van der Waals surface area contributed by atoms with Gasteiger partial charge in [-0.1, -0.05) is 12.2 Å². The van der Waals surface area contributed by atoms with E-state index in [0.717, 1.165) is 23.8 Å². The number of hydrogen-bond donors (Lipinski definition) is 1. The molecule has 2 bridgehead atoms. The van der Waals surface area contributed by atoms with Gasteiger partial charge in [0, 0.05) is 12.6 Å². The van der Waals surface area contributed by atoms with Crippen molar-refractivity contribution in [2.24, 2.45) is 17.8 Å². The van der Waals surface area contributed by atoms with Crippen molar-refractivity contribution < 1.29 is 0 Å². The van der Waals surface area contributed by atoms with Gasteiger partial charge in [-0.05, 0) is 57.2 Å². The van der Waals surface area contributed by atoms with Gasteiger partial charge in [0.05, 0.1) is 0 Å². The number of allylic oxidation sites excluding steroid dienone is 2. The highest BCUT2D eigenvalue weighted by atomic mass is 15.2. The van der Waals surface area contributed by atoms with Gasteiger partial charge in [0.25, 0.3) is 0 Å². The van der Waals surface area contributed by atoms with Gasteiger partial charge in [-0.15, -0.1) is 0 Å². The number of likely N-dealkylation sites (N-methyl/N-ethyl adjacent to an activating group) is 1. The number of likely N-dealkylation sites (tertiary alicyclic amines) is 1. The Labute approximate surface area is 92.7 Å². The summed E-state index contributed by atoms with van der Waals surface area (Å²) in [7, 11) is 2.22. The molecule has 0 aromatic carbocycles. The highest BCUT2D eigenvalue weighted by molar-refractivity contribution is 5.10. The topological polar surface area (TPSA) is 15.3 Å². The molecule has 84 valence electrons. The first-order valence-corrected chi connectivity index (χ1v) is 6.41. The van der Waals surface area contributed by atoms with E-state index in [1.54, 1.807) is 0 Å². The summed E-state index contributed by atoms with van der Waals surface area (Å²) in [4.78, 5) is 2.43. The number of rotatable bonds is 3. The standard InChI is InChI=1S/C13H22N2/c1-15-5-4-13(9-15)14-8-12-7-10-2-3-11(12)6-10/h2-3,10-14H,4-9H2,1H3/t10-,11-,12+,13-/m0/s1. The molecule has 0 spiro atoms. The lowest BCUT2D eigenvalue weighted by Crippen LogP contribution is -2.36. The number of hydrogen-bond acceptors (Lipinski definition) is 2. The predicted octanol–water partition coefficient (Wildman–Crippen LogP) is 1.49. The maximum Gasteiger partial charge on any atom is 0.0207 e. The number of nitrogens with zero attached hydrogens (tertiary/aromatic N) is 1. The van der Waals surface area contributed by atoms with Gasteiger partial charge in [0.1, 0.15) is 0 Å². The van der Waals surface area contributed by atoms with Gasteiger partial charge >= 0.3 is 0 Å². The zero-order valence-electron chi connectivity index (χ0n) is 9.65. The Kier molecular flexibility index (Phi) is 2.57. The Morgan fingerprint density at radius 1 is 1.33 bits per heavy atom. The largest absolute Gasteiger partial charge is 0.312 e. The zero-order chi connectivity index (χ0) is 10.3. The van der Waals surface area contributed by atoms with Crippen LogP contribution in [0.5, 0.6) is 0 Å². The van der Waals surface area contributed by atoms with Crippen LogP contribution in [0.2, 0.25) is 0 Å². The molecule has 0 unspecified atom stereocenters. The van der Waals surface area contributed by atoms with Crippen LogP contribution in [0.1, 0.15) is 19.3 Å². The minimum absolute atomic E-state index is 0.762. The van der Waals surface area contributed by atoms with Crippen molar-refractivity contribution in [2.75, 3.05) is 26.7 Å². The molecule has 2 nitrogen and oxygen atoms in total. The van der Waals surface area contributed by atoms with Crippen LogP contribution >= 0.6 is 0 Å². The van der Waals surface area contributed by atoms with Crippen LogP contribution in [0, 0.1) is 17.8 Å². The Morgan fingerprint density at radius 2 is 2.27 bits per heavy atom. The predicted molar refractivity (Wildman–Crippen MR) is 62.7 cm³/mol. The zero-order valence-corrected chi connectivity index (χ0v) is 9.65. The van der Waals surface area contributed by atoms with Crippen LogP contribution < -0.4 is 5.32 Å². The van der Waals surface area contributed by atoms with E-state index in [4.69, 9.17) is 0 Å². The van der Waals surface area contributed by atoms with Crippen molar-refractivity contribution in [1.82, 2.24) is 10.2 Å². The molecule has 2 heteroatoms. The smallest absolute Gasteiger partial charge is 0.0207 e. The monoisotopic (exact) mass is 206 g/mol. The molecule has 1 saturated carbocycles. The van der Waals surface area contributed by atoms with Crippen LogP contribution in [0.25, 0.3) is 0 Å². The molecule has 0 aromatic heterocycles. The Bertz CT molecular complexity index is 261. The quantitative estimate of drug-likeness (QED) is 0.704. The highest BCUT2D eigenvalue weighted by Crippen LogP contribution is 2.43. The third kappa shape index (κ3) is 1.98. The summed E-state index contributed by atoms with van der Waals surface area (Å²) in [5.41, 5.74) is 0. The van der Waals surface area contributed by atoms with Gasteiger partial charge in [0.15, 0.2) is 0 Å². The lowest BCUT2D eigenvalue weighted by molar-refractivity contribution is 0.364. The summed E-state index contributed by atoms with van der Waals surface area (Å²) in [6, 6.07) is 0.762. The molecular formula is C13H22N2. The molecule has 15 heavy (non-hydrogen) atoms. The van der Waals surface area contributed by atoms with Crippen molar-refractivity contribution in [3.05, 3.63) is 12.2 Å². The molecule has 2 fully saturated rings. The molecule has 1 saturated heterocycles. The first-order valence-electron chi connectivity index (χ1n) is 6.41. The van der Waals surface area contributed by atoms with Crippen molar-refractivity contribution in [1.29, 1.82) is 0 Å². The minimum atomic E-state index is 0.762. The molecule has 0 amide bonds. The van der Waals surface area contributed by atoms with E-state index in [2.05, 4.69) is 29.4 Å². The number of fused-ring (bicyclic) bond motifs is 2. The molecule has 4 atom stereocenters. The Balaban J connectivity index is 1.45. The Hall–Kier alpha value is -0.340. The minimum Gasteiger partial charge on any atom is -0.312 e. The van der Waals surface area contributed by atoms with E-state index < -0.39 is 0 Å². The summed E-state index contributed by atoms with van der Waals surface area (Å²) < 4.78 is 0. The Morgan fingerprint density at radius 3 is 2.87 bits per heavy atom. The van der Waals surface area contributed by atoms with Crippen LogP contribution in [0.3, 0.4) is 0 Å². The first-order chi connectivity index (χ1) is 7.31. The fourth-order valence-corrected chi connectivity index (χ4v) is 3.55. The summed E-state index contributed by atoms with van der Waals surface area (Å²) in [6.07, 6.45) is 9.12. The van der Waals surface area contributed by atoms with Crippen LogP contribution in [-0.4, -0.2) is 37.6 Å². The fraction of sp³-hybridized carbons (Fsp3) is 0.846. The van der Waals surface area contributed by atoms with E-state index in [0.29, 0.717) is 0 Å². The molecular weight excluding hydrogens is 184 g/mol. The lowest BCUT2D eigenvalue weighted by atomic mass is 9.93. The van der Waals surface area contributed by atoms with Crippen LogP contribution in [-0.2, 0) is 0 Å². The van der Waals surface area contributed by atoms with Crippen molar-refractivity contribution in [2.45, 2.75) is 25.3 Å². The van der Waals surface area contributed by atoms with Crippen molar-refractivity contribution in [3.63, 3.8) is 0 Å². The third-order valence-electron chi connectivity index (χ3n) is 4.48. The lowest BCUT2D eigenvalue weighted by Gasteiger charge is -2.21. The average Bonchev–Trinajstić information content (AvgIpc) is 2.90. The van der Waals surface area contributed by atoms with Crippen molar-refractivity contribution >= 4 is 0 Å². The van der Waals surface area contributed by atoms with E-state index >= 15 is 0 Å². The molecule has 0 radical (unpaired) electrons. The normalized spacial score (nSPS) is 44.3.